The molecule has 0 bridgehead atoms. The van der Waals surface area contributed by atoms with E-state index < -0.39 is 0 Å². The summed E-state index contributed by atoms with van der Waals surface area (Å²) in [5, 5.41) is 3.72. The molecule has 1 aromatic heterocycles. The highest BCUT2D eigenvalue weighted by molar-refractivity contribution is 7.99. The lowest BCUT2D eigenvalue weighted by Crippen LogP contribution is -2.27. The number of nitrogens with zero attached hydrogens (tertiary/aromatic N) is 2. The highest BCUT2D eigenvalue weighted by Gasteiger charge is 2.17. The third kappa shape index (κ3) is 6.80. The van der Waals surface area contributed by atoms with Crippen molar-refractivity contribution in [3.05, 3.63) is 69.0 Å². The Hall–Kier alpha value is -2.97. The molecule has 1 amide bonds. The smallest absolute Gasteiger partial charge is 0.262 e. The number of ketones is 1. The molecule has 1 heterocycles. The number of amides is 1. The fourth-order valence-electron chi connectivity index (χ4n) is 3.74. The first-order chi connectivity index (χ1) is 16.7. The molecule has 1 N–H and O–H groups in total. The fourth-order valence-corrected chi connectivity index (χ4v) is 4.65. The Bertz CT molecular complexity index is 1280. The Morgan fingerprint density at radius 2 is 1.91 bits per heavy atom. The molecule has 3 rings (SSSR count). The highest BCUT2D eigenvalue weighted by Crippen LogP contribution is 2.22. The quantitative estimate of drug-likeness (QED) is 0.183. The maximum absolute atomic E-state index is 13.4. The average molecular weight is 496 g/mol. The van der Waals surface area contributed by atoms with Crippen LogP contribution < -0.4 is 10.9 Å². The zero-order valence-electron chi connectivity index (χ0n) is 21.0. The van der Waals surface area contributed by atoms with Gasteiger partial charge in [0.15, 0.2) is 10.9 Å². The topological polar surface area (TPSA) is 90.3 Å². The summed E-state index contributed by atoms with van der Waals surface area (Å²) >= 11 is 1.26. The Morgan fingerprint density at radius 1 is 1.14 bits per heavy atom. The van der Waals surface area contributed by atoms with Crippen LogP contribution in [0.25, 0.3) is 10.9 Å². The van der Waals surface area contributed by atoms with E-state index in [1.165, 1.54) is 11.8 Å². The first-order valence-corrected chi connectivity index (χ1v) is 12.7. The Kier molecular flexibility index (Phi) is 9.23. The molecule has 0 unspecified atom stereocenters. The van der Waals surface area contributed by atoms with Gasteiger partial charge in [-0.1, -0.05) is 49.4 Å². The number of fused-ring (bicyclic) bond motifs is 1. The summed E-state index contributed by atoms with van der Waals surface area (Å²) in [4.78, 5) is 43.5. The third-order valence-corrected chi connectivity index (χ3v) is 6.70. The van der Waals surface area contributed by atoms with Crippen LogP contribution in [0.3, 0.4) is 0 Å². The van der Waals surface area contributed by atoms with Gasteiger partial charge >= 0.3 is 0 Å². The molecule has 0 aliphatic heterocycles. The van der Waals surface area contributed by atoms with Gasteiger partial charge in [0.1, 0.15) is 0 Å². The van der Waals surface area contributed by atoms with Crippen molar-refractivity contribution in [3.8, 4) is 0 Å². The van der Waals surface area contributed by atoms with Gasteiger partial charge in [-0.25, -0.2) is 4.98 Å². The number of carbonyl (C=O) groups is 2. The van der Waals surface area contributed by atoms with E-state index >= 15 is 0 Å². The van der Waals surface area contributed by atoms with Gasteiger partial charge in [-0.3, -0.25) is 19.0 Å². The molecule has 0 aliphatic rings. The summed E-state index contributed by atoms with van der Waals surface area (Å²) in [5.41, 5.74) is 3.41. The SMILES string of the molecule is COCCNC(=O)c1ccc2c(=O)n(CCC(C)C)c(SCC(=O)c3ccc(C)cc3C)nc2c1. The highest BCUT2D eigenvalue weighted by atomic mass is 32.2. The average Bonchev–Trinajstić information content (AvgIpc) is 2.81. The summed E-state index contributed by atoms with van der Waals surface area (Å²) in [5.74, 6) is 0.309. The molecule has 0 aliphatic carbocycles. The van der Waals surface area contributed by atoms with Gasteiger partial charge in [-0.2, -0.15) is 0 Å². The first kappa shape index (κ1) is 26.6. The van der Waals surface area contributed by atoms with Gasteiger partial charge in [-0.05, 0) is 49.9 Å². The van der Waals surface area contributed by atoms with Crippen LogP contribution in [-0.4, -0.2) is 47.3 Å². The maximum atomic E-state index is 13.4. The predicted octanol–water partition coefficient (Wildman–Crippen LogP) is 4.41. The van der Waals surface area contributed by atoms with Crippen molar-refractivity contribution in [2.45, 2.75) is 45.8 Å². The number of ether oxygens (including phenoxy) is 1. The number of nitrogens with one attached hydrogen (secondary N) is 1. The summed E-state index contributed by atoms with van der Waals surface area (Å²) in [7, 11) is 1.57. The number of carbonyl (C=O) groups excluding carboxylic acids is 2. The molecule has 186 valence electrons. The minimum Gasteiger partial charge on any atom is -0.383 e. The molecule has 35 heavy (non-hydrogen) atoms. The van der Waals surface area contributed by atoms with E-state index in [2.05, 4.69) is 19.2 Å². The van der Waals surface area contributed by atoms with Crippen molar-refractivity contribution in [3.63, 3.8) is 0 Å². The van der Waals surface area contributed by atoms with Crippen LogP contribution in [0.2, 0.25) is 0 Å². The minimum absolute atomic E-state index is 0.0106. The van der Waals surface area contributed by atoms with Crippen LogP contribution in [-0.2, 0) is 11.3 Å². The largest absolute Gasteiger partial charge is 0.383 e. The van der Waals surface area contributed by atoms with Crippen LogP contribution in [0.5, 0.6) is 0 Å². The minimum atomic E-state index is -0.256. The summed E-state index contributed by atoms with van der Waals surface area (Å²) < 4.78 is 6.63. The van der Waals surface area contributed by atoms with E-state index in [9.17, 15) is 14.4 Å². The van der Waals surface area contributed by atoms with E-state index in [0.29, 0.717) is 52.8 Å². The molecular weight excluding hydrogens is 462 g/mol. The van der Waals surface area contributed by atoms with Crippen LogP contribution >= 0.6 is 11.8 Å². The third-order valence-electron chi connectivity index (χ3n) is 5.72. The van der Waals surface area contributed by atoms with Crippen molar-refractivity contribution < 1.29 is 14.3 Å². The van der Waals surface area contributed by atoms with Crippen LogP contribution in [0.15, 0.2) is 46.3 Å². The second-order valence-corrected chi connectivity index (χ2v) is 9.99. The van der Waals surface area contributed by atoms with Crippen molar-refractivity contribution in [2.75, 3.05) is 26.0 Å². The van der Waals surface area contributed by atoms with Crippen LogP contribution in [0.4, 0.5) is 0 Å². The normalized spacial score (nSPS) is 11.3. The van der Waals surface area contributed by atoms with Crippen molar-refractivity contribution in [2.24, 2.45) is 5.92 Å². The Labute approximate surface area is 210 Å². The monoisotopic (exact) mass is 495 g/mol. The van der Waals surface area contributed by atoms with E-state index in [0.717, 1.165) is 17.5 Å². The predicted molar refractivity (Wildman–Crippen MR) is 141 cm³/mol. The fraction of sp³-hybridized carbons (Fsp3) is 0.407. The van der Waals surface area contributed by atoms with Crippen LogP contribution in [0.1, 0.15) is 52.1 Å². The summed E-state index contributed by atoms with van der Waals surface area (Å²) in [6, 6.07) is 10.7. The van der Waals surface area contributed by atoms with E-state index in [1.807, 2.05) is 32.0 Å². The van der Waals surface area contributed by atoms with Gasteiger partial charge < -0.3 is 10.1 Å². The van der Waals surface area contributed by atoms with E-state index in [4.69, 9.17) is 9.72 Å². The molecule has 8 heteroatoms. The number of methoxy groups -OCH3 is 1. The standard InChI is InChI=1S/C27H33N3O4S/c1-17(2)10-12-30-26(33)22-9-7-20(25(32)28-11-13-34-5)15-23(22)29-27(30)35-16-24(31)21-8-6-18(3)14-19(21)4/h6-9,14-15,17H,10-13,16H2,1-5H3,(H,28,32). The number of benzene rings is 2. The summed E-state index contributed by atoms with van der Waals surface area (Å²) in [6.07, 6.45) is 0.811. The number of Topliss-reactive ketones (excluding diaryl/α,β-unsaturated/α-hetero) is 1. The van der Waals surface area contributed by atoms with Gasteiger partial charge in [0, 0.05) is 31.3 Å². The number of hydrogen-bond acceptors (Lipinski definition) is 6. The van der Waals surface area contributed by atoms with Gasteiger partial charge in [-0.15, -0.1) is 0 Å². The maximum Gasteiger partial charge on any atom is 0.262 e. The number of aryl methyl sites for hydroxylation is 2. The molecule has 0 saturated carbocycles. The lowest BCUT2D eigenvalue weighted by atomic mass is 10.0. The number of rotatable bonds is 11. The molecule has 0 atom stereocenters. The summed E-state index contributed by atoms with van der Waals surface area (Å²) in [6.45, 7) is 9.44. The molecule has 0 fully saturated rings. The Balaban J connectivity index is 1.94. The van der Waals surface area contributed by atoms with Crippen LogP contribution in [0, 0.1) is 19.8 Å². The van der Waals surface area contributed by atoms with Crippen molar-refractivity contribution in [1.82, 2.24) is 14.9 Å². The molecule has 0 radical (unpaired) electrons. The van der Waals surface area contributed by atoms with Gasteiger partial charge in [0.05, 0.1) is 23.3 Å². The molecule has 3 aromatic rings. The van der Waals surface area contributed by atoms with Crippen molar-refractivity contribution in [1.29, 1.82) is 0 Å². The van der Waals surface area contributed by atoms with Gasteiger partial charge in [0.2, 0.25) is 0 Å². The zero-order valence-corrected chi connectivity index (χ0v) is 21.8. The number of thioether (sulfide) groups is 1. The van der Waals surface area contributed by atoms with Gasteiger partial charge in [0.25, 0.3) is 11.5 Å². The van der Waals surface area contributed by atoms with Crippen molar-refractivity contribution >= 4 is 34.4 Å². The second-order valence-electron chi connectivity index (χ2n) is 9.04. The molecule has 7 nitrogen and oxygen atoms in total. The lowest BCUT2D eigenvalue weighted by Gasteiger charge is -2.15. The second kappa shape index (κ2) is 12.1. The number of aromatic nitrogens is 2. The van der Waals surface area contributed by atoms with E-state index in [-0.39, 0.29) is 23.0 Å². The molecular formula is C27H33N3O4S. The number of hydrogen-bond donors (Lipinski definition) is 1. The lowest BCUT2D eigenvalue weighted by molar-refractivity contribution is 0.0936. The zero-order chi connectivity index (χ0) is 25.5. The molecule has 0 spiro atoms. The van der Waals surface area contributed by atoms with E-state index in [1.54, 1.807) is 29.9 Å². The Morgan fingerprint density at radius 3 is 2.60 bits per heavy atom. The molecule has 0 saturated heterocycles. The first-order valence-electron chi connectivity index (χ1n) is 11.8. The molecule has 2 aromatic carbocycles.